The molecule has 0 aliphatic heterocycles. The van der Waals surface area contributed by atoms with Gasteiger partial charge in [-0.3, -0.25) is 4.79 Å². The molecule has 0 saturated carbocycles. The van der Waals surface area contributed by atoms with Gasteiger partial charge in [0, 0.05) is 17.2 Å². The molecular weight excluding hydrogens is 340 g/mol. The van der Waals surface area contributed by atoms with E-state index < -0.39 is 0 Å². The molecule has 7 heteroatoms. The second kappa shape index (κ2) is 6.41. The van der Waals surface area contributed by atoms with Crippen molar-refractivity contribution < 1.29 is 4.79 Å². The summed E-state index contributed by atoms with van der Waals surface area (Å²) in [6.45, 7) is 3.73. The number of aromatic nitrogens is 3. The topological polar surface area (TPSA) is 59.8 Å². The lowest BCUT2D eigenvalue weighted by molar-refractivity contribution is -0.115. The SMILES string of the molecule is Cc1nnc(SC(C)C(=O)Nc2ccc(Br)cc2)n1C. The molecule has 1 atom stereocenters. The summed E-state index contributed by atoms with van der Waals surface area (Å²) in [6, 6.07) is 7.48. The third kappa shape index (κ3) is 3.61. The van der Waals surface area contributed by atoms with E-state index >= 15 is 0 Å². The molecule has 106 valence electrons. The van der Waals surface area contributed by atoms with Gasteiger partial charge in [0.1, 0.15) is 5.82 Å². The van der Waals surface area contributed by atoms with Crippen LogP contribution in [0.25, 0.3) is 0 Å². The number of thioether (sulfide) groups is 1. The van der Waals surface area contributed by atoms with Crippen LogP contribution in [0.2, 0.25) is 0 Å². The highest BCUT2D eigenvalue weighted by molar-refractivity contribution is 9.10. The molecule has 1 heterocycles. The van der Waals surface area contributed by atoms with Gasteiger partial charge >= 0.3 is 0 Å². The van der Waals surface area contributed by atoms with E-state index in [-0.39, 0.29) is 11.2 Å². The van der Waals surface area contributed by atoms with Gasteiger partial charge in [-0.25, -0.2) is 0 Å². The van der Waals surface area contributed by atoms with Gasteiger partial charge in [-0.15, -0.1) is 10.2 Å². The van der Waals surface area contributed by atoms with E-state index in [1.165, 1.54) is 11.8 Å². The Bertz CT molecular complexity index is 611. The summed E-state index contributed by atoms with van der Waals surface area (Å²) >= 11 is 4.75. The van der Waals surface area contributed by atoms with Crippen molar-refractivity contribution in [1.29, 1.82) is 0 Å². The number of halogens is 1. The molecule has 0 bridgehead atoms. The minimum Gasteiger partial charge on any atom is -0.325 e. The zero-order valence-electron chi connectivity index (χ0n) is 11.4. The Morgan fingerprint density at radius 3 is 2.55 bits per heavy atom. The number of nitrogens with one attached hydrogen (secondary N) is 1. The predicted molar refractivity (Wildman–Crippen MR) is 83.8 cm³/mol. The molecule has 1 aromatic heterocycles. The van der Waals surface area contributed by atoms with Crippen LogP contribution in [0.4, 0.5) is 5.69 Å². The van der Waals surface area contributed by atoms with E-state index in [1.54, 1.807) is 0 Å². The van der Waals surface area contributed by atoms with Crippen LogP contribution in [0.1, 0.15) is 12.7 Å². The van der Waals surface area contributed by atoms with Crippen molar-refractivity contribution in [3.8, 4) is 0 Å². The van der Waals surface area contributed by atoms with Crippen LogP contribution >= 0.6 is 27.7 Å². The number of rotatable bonds is 4. The first-order chi connectivity index (χ1) is 9.47. The third-order valence-electron chi connectivity index (χ3n) is 2.82. The highest BCUT2D eigenvalue weighted by Crippen LogP contribution is 2.22. The molecule has 0 aliphatic carbocycles. The molecule has 0 radical (unpaired) electrons. The average molecular weight is 355 g/mol. The van der Waals surface area contributed by atoms with E-state index in [1.807, 2.05) is 49.7 Å². The van der Waals surface area contributed by atoms with Crippen molar-refractivity contribution in [2.45, 2.75) is 24.3 Å². The van der Waals surface area contributed by atoms with Gasteiger partial charge < -0.3 is 9.88 Å². The van der Waals surface area contributed by atoms with Crippen LogP contribution in [-0.4, -0.2) is 25.9 Å². The summed E-state index contributed by atoms with van der Waals surface area (Å²) in [7, 11) is 1.89. The quantitative estimate of drug-likeness (QED) is 0.857. The van der Waals surface area contributed by atoms with Crippen LogP contribution in [0, 0.1) is 6.92 Å². The summed E-state index contributed by atoms with van der Waals surface area (Å²) in [5.41, 5.74) is 0.778. The van der Waals surface area contributed by atoms with Crippen molar-refractivity contribution in [3.63, 3.8) is 0 Å². The number of carbonyl (C=O) groups is 1. The molecule has 1 N–H and O–H groups in total. The van der Waals surface area contributed by atoms with Crippen LogP contribution in [-0.2, 0) is 11.8 Å². The highest BCUT2D eigenvalue weighted by Gasteiger charge is 2.18. The number of hydrogen-bond acceptors (Lipinski definition) is 4. The Hall–Kier alpha value is -1.34. The van der Waals surface area contributed by atoms with Crippen LogP contribution in [0.3, 0.4) is 0 Å². The average Bonchev–Trinajstić information content (AvgIpc) is 2.73. The molecular formula is C13H15BrN4OS. The summed E-state index contributed by atoms with van der Waals surface area (Å²) in [6.07, 6.45) is 0. The Morgan fingerprint density at radius 2 is 2.00 bits per heavy atom. The molecule has 1 unspecified atom stereocenters. The smallest absolute Gasteiger partial charge is 0.237 e. The lowest BCUT2D eigenvalue weighted by Gasteiger charge is -2.11. The molecule has 2 rings (SSSR count). The molecule has 0 saturated heterocycles. The first kappa shape index (κ1) is 15.1. The molecule has 2 aromatic rings. The van der Waals surface area contributed by atoms with Crippen molar-refractivity contribution in [3.05, 3.63) is 34.6 Å². The minimum atomic E-state index is -0.249. The molecule has 0 fully saturated rings. The summed E-state index contributed by atoms with van der Waals surface area (Å²) in [5.74, 6) is 0.769. The minimum absolute atomic E-state index is 0.0574. The molecule has 1 aromatic carbocycles. The predicted octanol–water partition coefficient (Wildman–Crippen LogP) is 3.01. The second-order valence-electron chi connectivity index (χ2n) is 4.35. The molecule has 0 spiro atoms. The summed E-state index contributed by atoms with van der Waals surface area (Å²) in [5, 5.41) is 11.4. The highest BCUT2D eigenvalue weighted by atomic mass is 79.9. The van der Waals surface area contributed by atoms with Crippen LogP contribution in [0.15, 0.2) is 33.9 Å². The largest absolute Gasteiger partial charge is 0.325 e. The van der Waals surface area contributed by atoms with Crippen LogP contribution in [0.5, 0.6) is 0 Å². The second-order valence-corrected chi connectivity index (χ2v) is 6.57. The Balaban J connectivity index is 1.98. The van der Waals surface area contributed by atoms with Crippen molar-refractivity contribution in [2.75, 3.05) is 5.32 Å². The third-order valence-corrected chi connectivity index (χ3v) is 4.48. The number of benzene rings is 1. The van der Waals surface area contributed by atoms with Gasteiger partial charge in [-0.1, -0.05) is 27.7 Å². The maximum absolute atomic E-state index is 12.1. The fraction of sp³-hybridized carbons (Fsp3) is 0.308. The standard InChI is InChI=1S/C13H15BrN4OS/c1-8(20-13-17-16-9(2)18(13)3)12(19)15-11-6-4-10(14)5-7-11/h4-8H,1-3H3,(H,15,19). The van der Waals surface area contributed by atoms with Crippen molar-refractivity contribution in [2.24, 2.45) is 7.05 Å². The Morgan fingerprint density at radius 1 is 1.35 bits per heavy atom. The van der Waals surface area contributed by atoms with Gasteiger partial charge in [0.05, 0.1) is 5.25 Å². The van der Waals surface area contributed by atoms with Gasteiger partial charge in [0.25, 0.3) is 0 Å². The Labute approximate surface area is 130 Å². The normalized spacial score (nSPS) is 12.2. The number of hydrogen-bond donors (Lipinski definition) is 1. The monoisotopic (exact) mass is 354 g/mol. The van der Waals surface area contributed by atoms with Crippen molar-refractivity contribution >= 4 is 39.3 Å². The lowest BCUT2D eigenvalue weighted by atomic mass is 10.3. The van der Waals surface area contributed by atoms with Gasteiger partial charge in [-0.05, 0) is 38.1 Å². The van der Waals surface area contributed by atoms with E-state index in [9.17, 15) is 4.79 Å². The first-order valence-corrected chi connectivity index (χ1v) is 7.73. The van der Waals surface area contributed by atoms with E-state index in [0.29, 0.717) is 0 Å². The molecule has 20 heavy (non-hydrogen) atoms. The zero-order valence-corrected chi connectivity index (χ0v) is 13.8. The number of anilines is 1. The molecule has 5 nitrogen and oxygen atoms in total. The fourth-order valence-electron chi connectivity index (χ4n) is 1.48. The molecule has 0 aliphatic rings. The van der Waals surface area contributed by atoms with E-state index in [0.717, 1.165) is 21.1 Å². The number of aryl methyl sites for hydroxylation is 1. The summed E-state index contributed by atoms with van der Waals surface area (Å²) < 4.78 is 2.85. The number of amides is 1. The Kier molecular flexibility index (Phi) is 4.82. The van der Waals surface area contributed by atoms with E-state index in [2.05, 4.69) is 31.4 Å². The lowest BCUT2D eigenvalue weighted by Crippen LogP contribution is -2.22. The fourth-order valence-corrected chi connectivity index (χ4v) is 2.60. The zero-order chi connectivity index (χ0) is 14.7. The van der Waals surface area contributed by atoms with Gasteiger partial charge in [0.15, 0.2) is 5.16 Å². The van der Waals surface area contributed by atoms with Gasteiger partial charge in [0.2, 0.25) is 5.91 Å². The number of carbonyl (C=O) groups excluding carboxylic acids is 1. The number of nitrogens with zero attached hydrogens (tertiary/aromatic N) is 3. The van der Waals surface area contributed by atoms with Crippen LogP contribution < -0.4 is 5.32 Å². The first-order valence-electron chi connectivity index (χ1n) is 6.06. The van der Waals surface area contributed by atoms with Crippen molar-refractivity contribution in [1.82, 2.24) is 14.8 Å². The van der Waals surface area contributed by atoms with Gasteiger partial charge in [-0.2, -0.15) is 0 Å². The maximum atomic E-state index is 12.1. The van der Waals surface area contributed by atoms with E-state index in [4.69, 9.17) is 0 Å². The molecule has 1 amide bonds. The maximum Gasteiger partial charge on any atom is 0.237 e. The summed E-state index contributed by atoms with van der Waals surface area (Å²) in [4.78, 5) is 12.1.